The molecule has 11 heteroatoms. The average molecular weight is 1100 g/mol. The second-order valence-electron chi connectivity index (χ2n) is 13.7. The monoisotopic (exact) mass is 1090 g/mol. The first kappa shape index (κ1) is 53.4. The van der Waals surface area contributed by atoms with E-state index in [1.165, 1.54) is 55.5 Å². The van der Waals surface area contributed by atoms with Crippen molar-refractivity contribution in [2.45, 2.75) is 55.4 Å². The number of nitrogens with two attached hydrogens (primary N) is 1. The van der Waals surface area contributed by atoms with Crippen LogP contribution in [-0.4, -0.2) is 22.0 Å². The molecule has 0 fully saturated rings. The fraction of sp³-hybridized carbons (Fsp3) is 0.167. The van der Waals surface area contributed by atoms with Crippen molar-refractivity contribution in [3.63, 3.8) is 0 Å². The molecule has 0 atom stereocenters. The van der Waals surface area contributed by atoms with E-state index >= 15 is 0 Å². The van der Waals surface area contributed by atoms with Gasteiger partial charge in [-0.3, -0.25) is 16.1 Å². The number of hydrazone groups is 1. The molecule has 303 valence electrons. The van der Waals surface area contributed by atoms with Gasteiger partial charge in [0.25, 0.3) is 0 Å². The summed E-state index contributed by atoms with van der Waals surface area (Å²) < 4.78 is 0. The molecule has 0 saturated heterocycles. The molecule has 0 bridgehead atoms. The van der Waals surface area contributed by atoms with Crippen molar-refractivity contribution in [1.82, 2.24) is 4.98 Å². The van der Waals surface area contributed by atoms with Crippen LogP contribution >= 0.6 is 19.4 Å². The fourth-order valence-corrected chi connectivity index (χ4v) is 5.21. The Balaban J connectivity index is 0.000000394. The topological polar surface area (TPSA) is 127 Å². The standard InChI is InChI=1S/C16H18N2.C16H15N.C9H10O.C7H10N2.Ac.2ClH.H2O.Zn/c1-12-4-8-15(9-5-12)14(3)17-18-16-10-6-13(2)7-11-16;1-11-3-6-13(7-4-11)16-10-14-9-12(2)5-8-15(14)17-16;1-7-3-5-9(6-4-7)8(2)10;1-6-2-4-7(9-8)5-3-6;;;;;/h4-11,18H,1-3H3;3-10,17H,1-2H3;3-6H,1-2H3;2-5,9H,8H2,1H3;;2*1H;1H2;/q;;;;;;;;+2/p-2/b17-14+;;;;;;;;. The summed E-state index contributed by atoms with van der Waals surface area (Å²) >= 11 is -0.931. The summed E-state index contributed by atoms with van der Waals surface area (Å²) in [5.41, 5.74) is 21.6. The van der Waals surface area contributed by atoms with Crippen LogP contribution < -0.4 is 16.7 Å². The fourth-order valence-electron chi connectivity index (χ4n) is 5.21. The van der Waals surface area contributed by atoms with E-state index in [4.69, 9.17) is 25.2 Å². The van der Waals surface area contributed by atoms with Gasteiger partial charge in [-0.25, -0.2) is 0 Å². The molecule has 7 N–H and O–H groups in total. The number of rotatable bonds is 6. The number of anilines is 2. The SMILES string of the molecule is C/C(=N\Nc1ccc(C)cc1)c1ccc(C)cc1.CC(=O)c1ccc(C)cc1.Cc1ccc(-c2cc3cc(C)ccc3[nH]2)cc1.Cc1ccc(NN)cc1.O.[Ac].[Cl][Zn][Cl]. The molecule has 7 aromatic rings. The number of benzene rings is 6. The van der Waals surface area contributed by atoms with Gasteiger partial charge in [0.05, 0.1) is 11.4 Å². The Labute approximate surface area is 402 Å². The summed E-state index contributed by atoms with van der Waals surface area (Å²) in [4.78, 5) is 14.2. The van der Waals surface area contributed by atoms with Crippen molar-refractivity contribution in [1.29, 1.82) is 0 Å². The number of Topliss-reactive ketones (excluding diaryl/α,β-unsaturated/α-hetero) is 1. The van der Waals surface area contributed by atoms with Crippen molar-refractivity contribution in [3.05, 3.63) is 190 Å². The van der Waals surface area contributed by atoms with Crippen LogP contribution in [0.3, 0.4) is 0 Å². The Morgan fingerprint density at radius 1 is 0.576 bits per heavy atom. The maximum atomic E-state index is 10.8. The number of hydrogen-bond acceptors (Lipinski definition) is 5. The Kier molecular flexibility index (Phi) is 26.0. The normalized spacial score (nSPS) is 9.78. The van der Waals surface area contributed by atoms with Crippen molar-refractivity contribution >= 4 is 53.2 Å². The molecule has 0 saturated carbocycles. The zero-order valence-electron chi connectivity index (χ0n) is 35.3. The van der Waals surface area contributed by atoms with E-state index in [1.807, 2.05) is 81.4 Å². The van der Waals surface area contributed by atoms with Crippen molar-refractivity contribution < 1.29 is 69.5 Å². The molecule has 0 aliphatic heterocycles. The number of halogens is 2. The van der Waals surface area contributed by atoms with Gasteiger partial charge < -0.3 is 15.9 Å². The van der Waals surface area contributed by atoms with Crippen molar-refractivity contribution in [3.8, 4) is 11.3 Å². The van der Waals surface area contributed by atoms with E-state index in [2.05, 4.69) is 134 Å². The van der Waals surface area contributed by atoms with E-state index in [0.717, 1.165) is 28.2 Å². The molecular weight excluding hydrogens is 1040 g/mol. The van der Waals surface area contributed by atoms with Crippen LogP contribution in [0.1, 0.15) is 63.1 Å². The molecule has 7 rings (SSSR count). The second kappa shape index (κ2) is 28.8. The number of hydrogen-bond donors (Lipinski definition) is 4. The molecule has 1 aromatic heterocycles. The van der Waals surface area contributed by atoms with Crippen LogP contribution in [0, 0.1) is 85.6 Å². The van der Waals surface area contributed by atoms with E-state index in [1.54, 1.807) is 6.92 Å². The third-order valence-corrected chi connectivity index (χ3v) is 8.69. The number of fused-ring (bicyclic) bond motifs is 1. The van der Waals surface area contributed by atoms with E-state index in [9.17, 15) is 4.79 Å². The number of carbonyl (C=O) groups is 1. The third kappa shape index (κ3) is 20.0. The average Bonchev–Trinajstić information content (AvgIpc) is 3.63. The minimum atomic E-state index is -0.931. The quantitative estimate of drug-likeness (QED) is 0.0435. The maximum absolute atomic E-state index is 10.8. The zero-order chi connectivity index (χ0) is 41.7. The van der Waals surface area contributed by atoms with Gasteiger partial charge in [-0.2, -0.15) is 5.10 Å². The van der Waals surface area contributed by atoms with Gasteiger partial charge in [-0.1, -0.05) is 137 Å². The third-order valence-electron chi connectivity index (χ3n) is 8.69. The van der Waals surface area contributed by atoms with E-state index in [0.29, 0.717) is 0 Å². The summed E-state index contributed by atoms with van der Waals surface area (Å²) in [5, 5.41) is 5.67. The number of aromatic nitrogens is 1. The summed E-state index contributed by atoms with van der Waals surface area (Å²) in [6, 6.07) is 49.4. The molecule has 0 amide bonds. The molecule has 0 spiro atoms. The number of H-pyrrole nitrogens is 1. The van der Waals surface area contributed by atoms with Gasteiger partial charge in [-0.05, 0) is 109 Å². The van der Waals surface area contributed by atoms with Gasteiger partial charge in [0.1, 0.15) is 0 Å². The molecule has 6 aromatic carbocycles. The molecule has 1 radical (unpaired) electrons. The predicted molar refractivity (Wildman–Crippen MR) is 247 cm³/mol. The van der Waals surface area contributed by atoms with Gasteiger partial charge >= 0.3 is 34.5 Å². The predicted octanol–water partition coefficient (Wildman–Crippen LogP) is 12.6. The Morgan fingerprint density at radius 2 is 0.966 bits per heavy atom. The summed E-state index contributed by atoms with van der Waals surface area (Å²) in [5.74, 6) is 5.27. The molecule has 7 nitrogen and oxygen atoms in total. The number of carbonyl (C=O) groups excluding carboxylic acids is 1. The summed E-state index contributed by atoms with van der Waals surface area (Å²) in [6.07, 6.45) is 0. The number of ketones is 1. The summed E-state index contributed by atoms with van der Waals surface area (Å²) in [6.45, 7) is 16.0. The molecule has 0 aliphatic carbocycles. The van der Waals surface area contributed by atoms with Crippen molar-refractivity contribution in [2.75, 3.05) is 10.9 Å². The number of nitrogens with zero attached hydrogens (tertiary/aromatic N) is 1. The number of aryl methyl sites for hydroxylation is 6. The van der Waals surface area contributed by atoms with Gasteiger partial charge in [-0.15, -0.1) is 0 Å². The zero-order valence-corrected chi connectivity index (χ0v) is 44.6. The number of aromatic amines is 1. The number of nitrogens with one attached hydrogen (secondary N) is 3. The molecule has 1 heterocycles. The molecule has 0 aliphatic rings. The van der Waals surface area contributed by atoms with Gasteiger partial charge in [0.15, 0.2) is 5.78 Å². The molecule has 0 unspecified atom stereocenters. The van der Waals surface area contributed by atoms with Crippen LogP contribution in [0.2, 0.25) is 0 Å². The first-order valence-electron chi connectivity index (χ1n) is 18.6. The van der Waals surface area contributed by atoms with E-state index < -0.39 is 15.1 Å². The second-order valence-corrected chi connectivity index (χ2v) is 18.3. The van der Waals surface area contributed by atoms with Crippen LogP contribution in [0.4, 0.5) is 11.4 Å². The van der Waals surface area contributed by atoms with Crippen LogP contribution in [0.15, 0.2) is 151 Å². The number of hydrazine groups is 1. The van der Waals surface area contributed by atoms with Crippen LogP contribution in [-0.2, 0) is 15.1 Å². The van der Waals surface area contributed by atoms with Gasteiger partial charge in [0.2, 0.25) is 0 Å². The summed E-state index contributed by atoms with van der Waals surface area (Å²) in [7, 11) is 9.90. The first-order valence-corrected chi connectivity index (χ1v) is 26.4. The Bertz CT molecular complexity index is 2280. The van der Waals surface area contributed by atoms with Gasteiger partial charge in [0, 0.05) is 71.9 Å². The van der Waals surface area contributed by atoms with Crippen molar-refractivity contribution in [2.24, 2.45) is 10.9 Å². The number of nitrogen functional groups attached to an aromatic ring is 1. The van der Waals surface area contributed by atoms with Crippen LogP contribution in [0.5, 0.6) is 0 Å². The molecule has 59 heavy (non-hydrogen) atoms. The van der Waals surface area contributed by atoms with Crippen LogP contribution in [0.25, 0.3) is 22.2 Å². The Morgan fingerprint density at radius 3 is 1.41 bits per heavy atom. The Hall–Kier alpha value is -3.64. The first-order chi connectivity index (χ1) is 27.3. The van der Waals surface area contributed by atoms with E-state index in [-0.39, 0.29) is 55.3 Å². The minimum absolute atomic E-state index is 0. The molecular formula is C48H55AcCl2N5O2Zn.